The smallest absolute Gasteiger partial charge is 0.475 e. The number of nitrogens with two attached hydrogens (primary N) is 1. The first-order valence-corrected chi connectivity index (χ1v) is 16.6. The van der Waals surface area contributed by atoms with Gasteiger partial charge in [-0.15, -0.1) is 0 Å². The summed E-state index contributed by atoms with van der Waals surface area (Å²) in [6, 6.07) is 16.2. The molecule has 1 aliphatic carbocycles. The summed E-state index contributed by atoms with van der Waals surface area (Å²) in [5.41, 5.74) is 11.3. The third-order valence-electron chi connectivity index (χ3n) is 7.30. The summed E-state index contributed by atoms with van der Waals surface area (Å²) < 4.78 is 81.0. The van der Waals surface area contributed by atoms with Crippen LogP contribution in [0, 0.1) is 13.8 Å². The van der Waals surface area contributed by atoms with E-state index in [1.807, 2.05) is 37.3 Å². The van der Waals surface area contributed by atoms with Crippen LogP contribution < -0.4 is 21.7 Å². The molecule has 296 valence electrons. The van der Waals surface area contributed by atoms with Gasteiger partial charge in [-0.1, -0.05) is 18.2 Å². The lowest BCUT2D eigenvalue weighted by Gasteiger charge is -2.19. The van der Waals surface area contributed by atoms with E-state index in [0.29, 0.717) is 45.1 Å². The van der Waals surface area contributed by atoms with E-state index in [0.717, 1.165) is 68.7 Å². The quantitative estimate of drug-likeness (QED) is 0.0577. The third kappa shape index (κ3) is 13.4. The number of hydrogen-bond donors (Lipinski definition) is 5. The number of nitrogens with zero attached hydrogens (tertiary/aromatic N) is 1. The molecule has 0 fully saturated rings. The van der Waals surface area contributed by atoms with Gasteiger partial charge in [0.1, 0.15) is 17.0 Å². The Kier molecular flexibility index (Phi) is 17.5. The predicted molar refractivity (Wildman–Crippen MR) is 185 cm³/mol. The van der Waals surface area contributed by atoms with Gasteiger partial charge in [0, 0.05) is 52.9 Å². The van der Waals surface area contributed by atoms with Crippen LogP contribution in [0.25, 0.3) is 33.4 Å². The molecule has 54 heavy (non-hydrogen) atoms. The van der Waals surface area contributed by atoms with Crippen molar-refractivity contribution in [3.8, 4) is 22.5 Å². The van der Waals surface area contributed by atoms with E-state index in [-0.39, 0.29) is 5.91 Å². The van der Waals surface area contributed by atoms with Crippen molar-refractivity contribution in [2.24, 2.45) is 4.99 Å². The van der Waals surface area contributed by atoms with Gasteiger partial charge in [-0.25, -0.2) is 9.59 Å². The zero-order valence-corrected chi connectivity index (χ0v) is 30.1. The van der Waals surface area contributed by atoms with E-state index in [4.69, 9.17) is 33.7 Å². The lowest BCUT2D eigenvalue weighted by atomic mass is 9.89. The van der Waals surface area contributed by atoms with Crippen molar-refractivity contribution in [2.75, 3.05) is 52.6 Å². The molecule has 0 aromatic heterocycles. The molecule has 1 aliphatic heterocycles. The van der Waals surface area contributed by atoms with Crippen molar-refractivity contribution >= 4 is 34.5 Å². The van der Waals surface area contributed by atoms with Gasteiger partial charge in [-0.2, -0.15) is 26.3 Å². The predicted octanol–water partition coefficient (Wildman–Crippen LogP) is 4.23. The molecular weight excluding hydrogens is 730 g/mol. The van der Waals surface area contributed by atoms with Gasteiger partial charge >= 0.3 is 24.3 Å². The number of fused-ring (bicyclic) bond motifs is 2. The van der Waals surface area contributed by atoms with Crippen LogP contribution in [-0.2, 0) is 19.1 Å². The fourth-order valence-electron chi connectivity index (χ4n) is 4.93. The first-order chi connectivity index (χ1) is 25.4. The van der Waals surface area contributed by atoms with Crippen molar-refractivity contribution in [2.45, 2.75) is 40.0 Å². The molecule has 0 radical (unpaired) electrons. The normalized spacial score (nSPS) is 11.8. The Balaban J connectivity index is 0.000000610. The SMILES string of the molecule is CCN=c1cc2oc3cc([NH2+]CC)c(C)cc3c(-c3ccccc3C(=O)NCCOCCOCC[NH3+])c-2cc1C.O=C(O)C(F)(F)F.O=C(O)C(F)(F)F. The van der Waals surface area contributed by atoms with Crippen LogP contribution in [0.5, 0.6) is 0 Å². The van der Waals surface area contributed by atoms with Crippen LogP contribution in [0.1, 0.15) is 35.3 Å². The van der Waals surface area contributed by atoms with Crippen LogP contribution in [0.4, 0.5) is 32.0 Å². The van der Waals surface area contributed by atoms with Crippen LogP contribution in [-0.4, -0.2) is 93.0 Å². The number of amides is 1. The summed E-state index contributed by atoms with van der Waals surface area (Å²) in [6.07, 6.45) is -10.2. The number of halogens is 6. The summed E-state index contributed by atoms with van der Waals surface area (Å²) in [5, 5.41) is 21.4. The van der Waals surface area contributed by atoms with Gasteiger partial charge in [0.2, 0.25) is 0 Å². The Hall–Kier alpha value is -5.04. The Morgan fingerprint density at radius 3 is 2.00 bits per heavy atom. The van der Waals surface area contributed by atoms with E-state index in [2.05, 4.69) is 60.3 Å². The Morgan fingerprint density at radius 1 is 0.852 bits per heavy atom. The second-order valence-corrected chi connectivity index (χ2v) is 11.4. The molecule has 0 saturated heterocycles. The summed E-state index contributed by atoms with van der Waals surface area (Å²) >= 11 is 0. The summed E-state index contributed by atoms with van der Waals surface area (Å²) in [5.74, 6) is -4.91. The molecule has 2 aromatic carbocycles. The number of carbonyl (C=O) groups excluding carboxylic acids is 1. The minimum Gasteiger partial charge on any atom is -0.475 e. The van der Waals surface area contributed by atoms with Gasteiger partial charge < -0.3 is 40.5 Å². The molecule has 18 heteroatoms. The second kappa shape index (κ2) is 21.0. The molecule has 4 rings (SSSR count). The highest BCUT2D eigenvalue weighted by Gasteiger charge is 2.39. The number of alkyl halides is 6. The Morgan fingerprint density at radius 2 is 1.44 bits per heavy atom. The molecule has 0 saturated carbocycles. The van der Waals surface area contributed by atoms with Crippen molar-refractivity contribution in [3.05, 3.63) is 70.6 Å². The highest BCUT2D eigenvalue weighted by atomic mass is 19.4. The topological polar surface area (TPSA) is 192 Å². The highest BCUT2D eigenvalue weighted by Crippen LogP contribution is 2.42. The molecule has 0 bridgehead atoms. The van der Waals surface area contributed by atoms with Gasteiger partial charge in [0.25, 0.3) is 5.91 Å². The van der Waals surface area contributed by atoms with Crippen LogP contribution in [0.15, 0.2) is 57.9 Å². The van der Waals surface area contributed by atoms with Gasteiger partial charge in [0.15, 0.2) is 0 Å². The van der Waals surface area contributed by atoms with Crippen molar-refractivity contribution in [3.63, 3.8) is 0 Å². The molecule has 2 aromatic rings. The molecule has 2 aliphatic rings. The monoisotopic (exact) mass is 774 g/mol. The first-order valence-electron chi connectivity index (χ1n) is 16.6. The average molecular weight is 775 g/mol. The number of carboxylic acids is 2. The van der Waals surface area contributed by atoms with Crippen molar-refractivity contribution < 1.29 is 75.9 Å². The summed E-state index contributed by atoms with van der Waals surface area (Å²) in [7, 11) is 0. The number of carboxylic acid groups (broad SMARTS) is 2. The molecule has 0 spiro atoms. The first kappa shape index (κ1) is 45.1. The maximum atomic E-state index is 13.5. The van der Waals surface area contributed by atoms with E-state index in [1.165, 1.54) is 0 Å². The largest absolute Gasteiger partial charge is 0.490 e. The van der Waals surface area contributed by atoms with Crippen LogP contribution >= 0.6 is 0 Å². The minimum absolute atomic E-state index is 0.142. The number of aliphatic carboxylic acids is 2. The minimum atomic E-state index is -5.08. The van der Waals surface area contributed by atoms with E-state index < -0.39 is 24.3 Å². The number of aryl methyl sites for hydroxylation is 2. The number of ether oxygens (including phenoxy) is 2. The summed E-state index contributed by atoms with van der Waals surface area (Å²) in [6.45, 7) is 13.2. The second-order valence-electron chi connectivity index (χ2n) is 11.4. The number of nitrogens with one attached hydrogen (secondary N) is 1. The standard InChI is InChI=1S/C32H40N4O4.2C2HF3O2/c1-5-34-27-19-29-25(17-21(27)3)31(26-18-22(4)28(35-6-2)20-30(26)40-29)23-9-7-8-10-24(23)32(37)36-12-14-39-16-15-38-13-11-33;2*3-2(4,5)1(6)7/h7-10,17-20,34H,5-6,11-16,33H2,1-4H3,(H,36,37);2*(H,6,7)/p+2. The number of quaternary nitrogens is 2. The highest BCUT2D eigenvalue weighted by molar-refractivity contribution is 6.09. The van der Waals surface area contributed by atoms with E-state index >= 15 is 0 Å². The van der Waals surface area contributed by atoms with E-state index in [9.17, 15) is 31.1 Å². The van der Waals surface area contributed by atoms with Crippen LogP contribution in [0.2, 0.25) is 0 Å². The summed E-state index contributed by atoms with van der Waals surface area (Å²) in [4.78, 5) is 35.9. The molecule has 0 unspecified atom stereocenters. The lowest BCUT2D eigenvalue weighted by molar-refractivity contribution is -0.568. The number of carbonyl (C=O) groups is 3. The zero-order chi connectivity index (χ0) is 40.6. The number of hydrogen-bond acceptors (Lipinski definition) is 7. The Labute approximate surface area is 306 Å². The third-order valence-corrected chi connectivity index (χ3v) is 7.30. The average Bonchev–Trinajstić information content (AvgIpc) is 3.09. The molecule has 1 heterocycles. The molecule has 1 amide bonds. The maximum Gasteiger partial charge on any atom is 0.490 e. The fraction of sp³-hybridized carbons (Fsp3) is 0.389. The molecule has 0 atom stereocenters. The van der Waals surface area contributed by atoms with Crippen molar-refractivity contribution in [1.82, 2.24) is 5.32 Å². The van der Waals surface area contributed by atoms with E-state index in [1.54, 1.807) is 0 Å². The Bertz CT molecular complexity index is 1890. The number of rotatable bonds is 13. The zero-order valence-electron chi connectivity index (χ0n) is 30.1. The number of benzene rings is 3. The molecule has 8 N–H and O–H groups in total. The van der Waals surface area contributed by atoms with Crippen LogP contribution in [0.3, 0.4) is 0 Å². The van der Waals surface area contributed by atoms with Crippen molar-refractivity contribution in [1.29, 1.82) is 0 Å². The lowest BCUT2D eigenvalue weighted by Crippen LogP contribution is -2.77. The van der Waals surface area contributed by atoms with Gasteiger partial charge in [-0.3, -0.25) is 9.79 Å². The maximum absolute atomic E-state index is 13.5. The molecular formula is C36H44F6N4O8+2. The fourth-order valence-corrected chi connectivity index (χ4v) is 4.93. The van der Waals surface area contributed by atoms with Gasteiger partial charge in [0.05, 0.1) is 44.9 Å². The molecule has 12 nitrogen and oxygen atoms in total. The van der Waals surface area contributed by atoms with Gasteiger partial charge in [-0.05, 0) is 57.0 Å².